The summed E-state index contributed by atoms with van der Waals surface area (Å²) in [6.45, 7) is 17.5. The summed E-state index contributed by atoms with van der Waals surface area (Å²) in [5.41, 5.74) is 4.92. The van der Waals surface area contributed by atoms with E-state index in [0.29, 0.717) is 12.0 Å². The predicted octanol–water partition coefficient (Wildman–Crippen LogP) is 4.89. The highest BCUT2D eigenvalue weighted by Gasteiger charge is 2.44. The van der Waals surface area contributed by atoms with Gasteiger partial charge in [-0.15, -0.1) is 0 Å². The highest BCUT2D eigenvalue weighted by Crippen LogP contribution is 2.33. The largest absolute Gasteiger partial charge is 0.458 e. The summed E-state index contributed by atoms with van der Waals surface area (Å²) in [6.07, 6.45) is -0.928. The maximum absolute atomic E-state index is 14.6. The van der Waals surface area contributed by atoms with Crippen molar-refractivity contribution in [3.8, 4) is 0 Å². The molecule has 0 bridgehead atoms. The molecule has 0 aliphatic rings. The Kier molecular flexibility index (Phi) is 13.1. The molecule has 0 aliphatic heterocycles. The van der Waals surface area contributed by atoms with Gasteiger partial charge in [-0.2, -0.15) is 0 Å². The molecule has 3 atom stereocenters. The summed E-state index contributed by atoms with van der Waals surface area (Å²) in [6, 6.07) is 12.5. The van der Waals surface area contributed by atoms with E-state index in [4.69, 9.17) is 15.2 Å². The molecule has 11 nitrogen and oxygen atoms in total. The van der Waals surface area contributed by atoms with Crippen molar-refractivity contribution in [2.24, 2.45) is 5.73 Å². The third kappa shape index (κ3) is 12.4. The molecule has 2 aromatic rings. The van der Waals surface area contributed by atoms with Crippen LogP contribution in [0.15, 0.2) is 54.6 Å². The fourth-order valence-electron chi connectivity index (χ4n) is 4.89. The standard InChI is InChI=1S/C36H52N4O7/c1-11-36(9,10)40(31(43)26(22-28(37)41)39-33(45)47-35(6,7)8)29(25-19-15-16-23(2)20-25)30(42)38-27(32(44)46-34(3,4)5)21-24-17-13-12-14-18-24/h12-20,26-27,29H,11,21-22H2,1-10H3,(H2,37,41)(H,38,42)(H,39,45). The van der Waals surface area contributed by atoms with E-state index in [1.165, 1.54) is 4.90 Å². The molecule has 0 spiro atoms. The number of alkyl carbamates (subject to hydrolysis) is 1. The van der Waals surface area contributed by atoms with Gasteiger partial charge in [0, 0.05) is 12.0 Å². The minimum Gasteiger partial charge on any atom is -0.458 e. The van der Waals surface area contributed by atoms with Crippen molar-refractivity contribution in [2.75, 3.05) is 0 Å². The minimum absolute atomic E-state index is 0.137. The third-order valence-corrected chi connectivity index (χ3v) is 7.30. The topological polar surface area (TPSA) is 157 Å². The highest BCUT2D eigenvalue weighted by molar-refractivity contribution is 5.96. The van der Waals surface area contributed by atoms with E-state index in [-0.39, 0.29) is 6.42 Å². The molecule has 3 unspecified atom stereocenters. The first-order valence-electron chi connectivity index (χ1n) is 15.9. The number of amides is 4. The Morgan fingerprint density at radius 2 is 1.40 bits per heavy atom. The highest BCUT2D eigenvalue weighted by atomic mass is 16.6. The van der Waals surface area contributed by atoms with Gasteiger partial charge in [-0.1, -0.05) is 67.1 Å². The van der Waals surface area contributed by atoms with Crippen LogP contribution in [0, 0.1) is 6.92 Å². The zero-order valence-electron chi connectivity index (χ0n) is 29.4. The lowest BCUT2D eigenvalue weighted by molar-refractivity contribution is -0.159. The smallest absolute Gasteiger partial charge is 0.408 e. The number of rotatable bonds is 13. The number of nitrogens with zero attached hydrogens (tertiary/aromatic N) is 1. The van der Waals surface area contributed by atoms with Crippen molar-refractivity contribution in [1.29, 1.82) is 0 Å². The van der Waals surface area contributed by atoms with Crippen LogP contribution in [0.5, 0.6) is 0 Å². The second kappa shape index (κ2) is 15.9. The lowest BCUT2D eigenvalue weighted by Crippen LogP contribution is -2.60. The Balaban J connectivity index is 2.71. The number of ether oxygens (including phenoxy) is 2. The van der Waals surface area contributed by atoms with Crippen LogP contribution in [-0.4, -0.2) is 63.5 Å². The lowest BCUT2D eigenvalue weighted by Gasteiger charge is -2.44. The zero-order chi connectivity index (χ0) is 35.7. The lowest BCUT2D eigenvalue weighted by atomic mass is 9.91. The van der Waals surface area contributed by atoms with Gasteiger partial charge in [-0.25, -0.2) is 9.59 Å². The Hall–Kier alpha value is -4.41. The number of nitrogens with two attached hydrogens (primary N) is 1. The number of carbonyl (C=O) groups excluding carboxylic acids is 5. The van der Waals surface area contributed by atoms with Gasteiger partial charge >= 0.3 is 12.1 Å². The zero-order valence-corrected chi connectivity index (χ0v) is 29.4. The number of carbonyl (C=O) groups is 5. The average Bonchev–Trinajstić information content (AvgIpc) is 2.93. The molecule has 4 N–H and O–H groups in total. The van der Waals surface area contributed by atoms with Crippen LogP contribution in [0.2, 0.25) is 0 Å². The minimum atomic E-state index is -1.45. The van der Waals surface area contributed by atoms with Crippen molar-refractivity contribution in [3.63, 3.8) is 0 Å². The molecule has 0 fully saturated rings. The SMILES string of the molecule is CCC(C)(C)N(C(=O)C(CC(N)=O)NC(=O)OC(C)(C)C)C(C(=O)NC(Cc1ccccc1)C(=O)OC(C)(C)C)c1cccc(C)c1. The first-order valence-corrected chi connectivity index (χ1v) is 15.9. The monoisotopic (exact) mass is 652 g/mol. The van der Waals surface area contributed by atoms with Gasteiger partial charge in [0.2, 0.25) is 17.7 Å². The molecule has 0 saturated heterocycles. The molecule has 11 heteroatoms. The Labute approximate surface area is 278 Å². The van der Waals surface area contributed by atoms with E-state index in [1.54, 1.807) is 73.6 Å². The van der Waals surface area contributed by atoms with Crippen LogP contribution in [0.25, 0.3) is 0 Å². The van der Waals surface area contributed by atoms with Crippen LogP contribution >= 0.6 is 0 Å². The molecule has 47 heavy (non-hydrogen) atoms. The molecule has 0 radical (unpaired) electrons. The van der Waals surface area contributed by atoms with E-state index < -0.39 is 71.1 Å². The number of esters is 1. The molecular formula is C36H52N4O7. The van der Waals surface area contributed by atoms with Crippen molar-refractivity contribution in [3.05, 3.63) is 71.3 Å². The summed E-state index contributed by atoms with van der Waals surface area (Å²) < 4.78 is 11.1. The molecule has 0 aromatic heterocycles. The van der Waals surface area contributed by atoms with Crippen LogP contribution < -0.4 is 16.4 Å². The van der Waals surface area contributed by atoms with Gasteiger partial charge in [0.25, 0.3) is 0 Å². The normalized spacial score (nSPS) is 13.8. The molecule has 258 valence electrons. The first kappa shape index (κ1) is 38.8. The molecular weight excluding hydrogens is 600 g/mol. The van der Waals surface area contributed by atoms with E-state index in [1.807, 2.05) is 50.2 Å². The third-order valence-electron chi connectivity index (χ3n) is 7.30. The number of hydrogen-bond donors (Lipinski definition) is 3. The first-order chi connectivity index (χ1) is 21.6. The van der Waals surface area contributed by atoms with Crippen molar-refractivity contribution >= 4 is 29.8 Å². The number of nitrogens with one attached hydrogen (secondary N) is 2. The van der Waals surface area contributed by atoms with Gasteiger partial charge in [0.1, 0.15) is 29.3 Å². The van der Waals surface area contributed by atoms with Gasteiger partial charge in [-0.3, -0.25) is 14.4 Å². The number of aryl methyl sites for hydroxylation is 1. The number of benzene rings is 2. The second-order valence-corrected chi connectivity index (χ2v) is 14.3. The summed E-state index contributed by atoms with van der Waals surface area (Å²) in [7, 11) is 0. The van der Waals surface area contributed by atoms with Crippen LogP contribution in [0.3, 0.4) is 0 Å². The molecule has 0 heterocycles. The second-order valence-electron chi connectivity index (χ2n) is 14.3. The van der Waals surface area contributed by atoms with Crippen molar-refractivity contribution < 1.29 is 33.4 Å². The Morgan fingerprint density at radius 3 is 1.91 bits per heavy atom. The maximum Gasteiger partial charge on any atom is 0.408 e. The summed E-state index contributed by atoms with van der Waals surface area (Å²) >= 11 is 0. The van der Waals surface area contributed by atoms with Crippen molar-refractivity contribution in [2.45, 2.75) is 123 Å². The van der Waals surface area contributed by atoms with Crippen LogP contribution in [0.1, 0.15) is 97.9 Å². The Bertz CT molecular complexity index is 1410. The number of hydrogen-bond acceptors (Lipinski definition) is 7. The molecule has 2 rings (SSSR count). The summed E-state index contributed by atoms with van der Waals surface area (Å²) in [5.74, 6) is -2.84. The van der Waals surface area contributed by atoms with E-state index in [2.05, 4.69) is 10.6 Å². The predicted molar refractivity (Wildman–Crippen MR) is 180 cm³/mol. The van der Waals surface area contributed by atoms with E-state index in [0.717, 1.165) is 11.1 Å². The van der Waals surface area contributed by atoms with Crippen molar-refractivity contribution in [1.82, 2.24) is 15.5 Å². The van der Waals surface area contributed by atoms with E-state index in [9.17, 15) is 24.0 Å². The fourth-order valence-corrected chi connectivity index (χ4v) is 4.89. The van der Waals surface area contributed by atoms with Crippen LogP contribution in [0.4, 0.5) is 4.79 Å². The molecule has 2 aromatic carbocycles. The fraction of sp³-hybridized carbons (Fsp3) is 0.528. The van der Waals surface area contributed by atoms with Gasteiger partial charge in [0.05, 0.1) is 6.42 Å². The molecule has 0 aliphatic carbocycles. The quantitative estimate of drug-likeness (QED) is 0.260. The molecule has 0 saturated carbocycles. The Morgan fingerprint density at radius 1 is 0.809 bits per heavy atom. The van der Waals surface area contributed by atoms with Gasteiger partial charge in [-0.05, 0) is 79.9 Å². The van der Waals surface area contributed by atoms with Gasteiger partial charge < -0.3 is 30.7 Å². The maximum atomic E-state index is 14.6. The summed E-state index contributed by atoms with van der Waals surface area (Å²) in [4.78, 5) is 69.0. The molecule has 4 amide bonds. The average molecular weight is 653 g/mol. The van der Waals surface area contributed by atoms with E-state index >= 15 is 0 Å². The van der Waals surface area contributed by atoms with Crippen LogP contribution in [-0.2, 0) is 35.1 Å². The number of primary amides is 1. The summed E-state index contributed by atoms with van der Waals surface area (Å²) in [5, 5.41) is 5.37. The van der Waals surface area contributed by atoms with Gasteiger partial charge in [0.15, 0.2) is 0 Å².